The maximum atomic E-state index is 12.4. The lowest BCUT2D eigenvalue weighted by atomic mass is 10.0. The number of aryl methyl sites for hydroxylation is 1. The Labute approximate surface area is 131 Å². The average molecular weight is 317 g/mol. The number of anilines is 1. The third-order valence-electron chi connectivity index (χ3n) is 3.42. The van der Waals surface area contributed by atoms with E-state index in [2.05, 4.69) is 10.3 Å². The molecule has 3 rings (SSSR count). The average Bonchev–Trinajstić information content (AvgIpc) is 2.83. The Morgan fingerprint density at radius 2 is 2.05 bits per heavy atom. The quantitative estimate of drug-likeness (QED) is 0.736. The topological polar surface area (TPSA) is 42.0 Å². The normalized spacial score (nSPS) is 10.8. The van der Waals surface area contributed by atoms with Gasteiger partial charge in [-0.2, -0.15) is 0 Å². The molecule has 3 nitrogen and oxygen atoms in total. The van der Waals surface area contributed by atoms with E-state index in [9.17, 15) is 4.79 Å². The minimum absolute atomic E-state index is 0.138. The summed E-state index contributed by atoms with van der Waals surface area (Å²) in [7, 11) is 0. The molecule has 1 heterocycles. The Morgan fingerprint density at radius 3 is 2.86 bits per heavy atom. The number of thiazole rings is 1. The number of nitrogens with zero attached hydrogens (tertiary/aromatic N) is 1. The van der Waals surface area contributed by atoms with Crippen LogP contribution in [0.15, 0.2) is 36.4 Å². The molecule has 0 atom stereocenters. The summed E-state index contributed by atoms with van der Waals surface area (Å²) in [6.45, 7) is 3.94. The maximum Gasteiger partial charge on any atom is 0.257 e. The van der Waals surface area contributed by atoms with Gasteiger partial charge >= 0.3 is 0 Å². The lowest BCUT2D eigenvalue weighted by Gasteiger charge is -2.07. The summed E-state index contributed by atoms with van der Waals surface area (Å²) < 4.78 is 0.957. The van der Waals surface area contributed by atoms with Gasteiger partial charge < -0.3 is 0 Å². The number of aromatic nitrogens is 1. The Bertz CT molecular complexity index is 841. The number of halogens is 1. The highest BCUT2D eigenvalue weighted by atomic mass is 35.5. The van der Waals surface area contributed by atoms with Crippen molar-refractivity contribution in [3.8, 4) is 0 Å². The molecule has 21 heavy (non-hydrogen) atoms. The number of amides is 1. The second kappa shape index (κ2) is 5.47. The van der Waals surface area contributed by atoms with Crippen LogP contribution in [0.1, 0.15) is 21.5 Å². The van der Waals surface area contributed by atoms with E-state index < -0.39 is 0 Å². The smallest absolute Gasteiger partial charge is 0.257 e. The van der Waals surface area contributed by atoms with Crippen LogP contribution in [0.25, 0.3) is 10.2 Å². The summed E-state index contributed by atoms with van der Waals surface area (Å²) in [4.78, 5) is 16.8. The van der Waals surface area contributed by atoms with Gasteiger partial charge in [0.2, 0.25) is 0 Å². The molecule has 0 bridgehead atoms. The van der Waals surface area contributed by atoms with E-state index in [1.54, 1.807) is 6.07 Å². The second-order valence-corrected chi connectivity index (χ2v) is 6.30. The molecule has 0 unspecified atom stereocenters. The molecular weight excluding hydrogens is 304 g/mol. The molecule has 5 heteroatoms. The standard InChI is InChI=1S/C16H13ClN2OS/c1-9-4-3-5-12(10(9)2)15(20)19-16-18-13-7-6-11(17)8-14(13)21-16/h3-8H,1-2H3,(H,18,19,20). The zero-order valence-electron chi connectivity index (χ0n) is 11.6. The van der Waals surface area contributed by atoms with Crippen molar-refractivity contribution < 1.29 is 4.79 Å². The number of hydrogen-bond acceptors (Lipinski definition) is 3. The van der Waals surface area contributed by atoms with Crippen LogP contribution in [0.5, 0.6) is 0 Å². The fourth-order valence-electron chi connectivity index (χ4n) is 2.11. The van der Waals surface area contributed by atoms with E-state index in [4.69, 9.17) is 11.6 Å². The van der Waals surface area contributed by atoms with E-state index in [-0.39, 0.29) is 5.91 Å². The van der Waals surface area contributed by atoms with Crippen molar-refractivity contribution in [2.75, 3.05) is 5.32 Å². The van der Waals surface area contributed by atoms with Gasteiger partial charge in [-0.15, -0.1) is 0 Å². The first kappa shape index (κ1) is 14.0. The molecule has 1 N–H and O–H groups in total. The van der Waals surface area contributed by atoms with Crippen molar-refractivity contribution >= 4 is 44.2 Å². The number of carbonyl (C=O) groups excluding carboxylic acids is 1. The molecule has 1 aromatic heterocycles. The van der Waals surface area contributed by atoms with Gasteiger partial charge in [0.25, 0.3) is 5.91 Å². The maximum absolute atomic E-state index is 12.4. The first-order chi connectivity index (χ1) is 10.0. The summed E-state index contributed by atoms with van der Waals surface area (Å²) in [5.74, 6) is -0.138. The molecule has 0 spiro atoms. The fourth-order valence-corrected chi connectivity index (χ4v) is 3.25. The monoisotopic (exact) mass is 316 g/mol. The van der Waals surface area contributed by atoms with Crippen molar-refractivity contribution in [1.82, 2.24) is 4.98 Å². The number of carbonyl (C=O) groups is 1. The van der Waals surface area contributed by atoms with Crippen molar-refractivity contribution in [2.24, 2.45) is 0 Å². The number of rotatable bonds is 2. The van der Waals surface area contributed by atoms with Gasteiger partial charge in [-0.1, -0.05) is 35.1 Å². The first-order valence-electron chi connectivity index (χ1n) is 6.48. The zero-order valence-corrected chi connectivity index (χ0v) is 13.2. The van der Waals surface area contributed by atoms with E-state index >= 15 is 0 Å². The summed E-state index contributed by atoms with van der Waals surface area (Å²) in [5, 5.41) is 4.11. The molecule has 0 fully saturated rings. The lowest BCUT2D eigenvalue weighted by Crippen LogP contribution is -2.13. The molecule has 0 aliphatic rings. The number of nitrogens with one attached hydrogen (secondary N) is 1. The summed E-state index contributed by atoms with van der Waals surface area (Å²) >= 11 is 7.38. The largest absolute Gasteiger partial charge is 0.298 e. The van der Waals surface area contributed by atoms with Crippen molar-refractivity contribution in [3.63, 3.8) is 0 Å². The van der Waals surface area contributed by atoms with Gasteiger partial charge in [-0.3, -0.25) is 10.1 Å². The Hall–Kier alpha value is -1.91. The molecule has 106 valence electrons. The minimum atomic E-state index is -0.138. The zero-order chi connectivity index (χ0) is 15.0. The van der Waals surface area contributed by atoms with Crippen LogP contribution >= 0.6 is 22.9 Å². The molecule has 0 saturated carbocycles. The van der Waals surface area contributed by atoms with Gasteiger partial charge in [-0.05, 0) is 49.2 Å². The van der Waals surface area contributed by atoms with E-state index in [0.717, 1.165) is 21.3 Å². The van der Waals surface area contributed by atoms with Crippen LogP contribution in [-0.2, 0) is 0 Å². The summed E-state index contributed by atoms with van der Waals surface area (Å²) in [6, 6.07) is 11.2. The predicted molar refractivity (Wildman–Crippen MR) is 88.5 cm³/mol. The van der Waals surface area contributed by atoms with Crippen LogP contribution in [0.3, 0.4) is 0 Å². The molecule has 2 aromatic carbocycles. The van der Waals surface area contributed by atoms with Crippen LogP contribution in [0.4, 0.5) is 5.13 Å². The molecule has 0 saturated heterocycles. The molecule has 0 aliphatic carbocycles. The third kappa shape index (κ3) is 2.77. The van der Waals surface area contributed by atoms with Crippen LogP contribution in [0.2, 0.25) is 5.02 Å². The molecular formula is C16H13ClN2OS. The molecule has 0 radical (unpaired) electrons. The first-order valence-corrected chi connectivity index (χ1v) is 7.68. The molecule has 1 amide bonds. The lowest BCUT2D eigenvalue weighted by molar-refractivity contribution is 0.102. The van der Waals surface area contributed by atoms with Crippen LogP contribution in [-0.4, -0.2) is 10.9 Å². The Kier molecular flexibility index (Phi) is 3.66. The van der Waals surface area contributed by atoms with E-state index in [1.165, 1.54) is 11.3 Å². The highest BCUT2D eigenvalue weighted by Gasteiger charge is 2.13. The SMILES string of the molecule is Cc1cccc(C(=O)Nc2nc3ccc(Cl)cc3s2)c1C. The predicted octanol–water partition coefficient (Wildman–Crippen LogP) is 4.82. The van der Waals surface area contributed by atoms with E-state index in [0.29, 0.717) is 15.7 Å². The van der Waals surface area contributed by atoms with Crippen molar-refractivity contribution in [2.45, 2.75) is 13.8 Å². The third-order valence-corrected chi connectivity index (χ3v) is 4.59. The molecule has 0 aliphatic heterocycles. The van der Waals surface area contributed by atoms with Crippen LogP contribution < -0.4 is 5.32 Å². The number of fused-ring (bicyclic) bond motifs is 1. The van der Waals surface area contributed by atoms with Gasteiger partial charge in [0.05, 0.1) is 10.2 Å². The minimum Gasteiger partial charge on any atom is -0.298 e. The second-order valence-electron chi connectivity index (χ2n) is 4.83. The highest BCUT2D eigenvalue weighted by molar-refractivity contribution is 7.22. The molecule has 3 aromatic rings. The van der Waals surface area contributed by atoms with Gasteiger partial charge in [0, 0.05) is 10.6 Å². The highest BCUT2D eigenvalue weighted by Crippen LogP contribution is 2.28. The van der Waals surface area contributed by atoms with Crippen LogP contribution in [0, 0.1) is 13.8 Å². The Morgan fingerprint density at radius 1 is 1.24 bits per heavy atom. The van der Waals surface area contributed by atoms with Gasteiger partial charge in [0.15, 0.2) is 5.13 Å². The van der Waals surface area contributed by atoms with E-state index in [1.807, 2.05) is 44.2 Å². The fraction of sp³-hybridized carbons (Fsp3) is 0.125. The van der Waals surface area contributed by atoms with Crippen molar-refractivity contribution in [1.29, 1.82) is 0 Å². The van der Waals surface area contributed by atoms with Gasteiger partial charge in [-0.25, -0.2) is 4.98 Å². The summed E-state index contributed by atoms with van der Waals surface area (Å²) in [6.07, 6.45) is 0. The number of hydrogen-bond donors (Lipinski definition) is 1. The van der Waals surface area contributed by atoms with Crippen molar-refractivity contribution in [3.05, 3.63) is 58.1 Å². The summed E-state index contributed by atoms with van der Waals surface area (Å²) in [5.41, 5.74) is 3.59. The van der Waals surface area contributed by atoms with Gasteiger partial charge in [0.1, 0.15) is 0 Å². The number of benzene rings is 2. The Balaban J connectivity index is 1.91.